The van der Waals surface area contributed by atoms with Gasteiger partial charge in [0.1, 0.15) is 0 Å². The van der Waals surface area contributed by atoms with Crippen LogP contribution >= 0.6 is 11.6 Å². The highest BCUT2D eigenvalue weighted by Crippen LogP contribution is 2.27. The minimum Gasteiger partial charge on any atom is -0.493 e. The SMILES string of the molecule is COc1ccc(C=NNC(=O)[C@@H]2CC(=O)N(c3ccc(Cl)cc3)C2)cc1OC. The molecule has 8 heteroatoms. The standard InChI is InChI=1S/C20H20ClN3O4/c1-27-17-8-3-13(9-18(17)28-2)11-22-23-20(26)14-10-19(25)24(12-14)16-6-4-15(21)5-7-16/h3-9,11,14H,10,12H2,1-2H3,(H,23,26)/t14-/m1/s1. The van der Waals surface area contributed by atoms with Crippen molar-refractivity contribution in [2.75, 3.05) is 25.7 Å². The van der Waals surface area contributed by atoms with Crippen molar-refractivity contribution >= 4 is 35.3 Å². The molecule has 0 aliphatic carbocycles. The number of hydrazone groups is 1. The Balaban J connectivity index is 1.60. The third-order valence-corrected chi connectivity index (χ3v) is 4.68. The molecule has 0 unspecified atom stereocenters. The van der Waals surface area contributed by atoms with Crippen LogP contribution in [0.25, 0.3) is 0 Å². The highest BCUT2D eigenvalue weighted by atomic mass is 35.5. The summed E-state index contributed by atoms with van der Waals surface area (Å²) in [6, 6.07) is 12.2. The zero-order chi connectivity index (χ0) is 20.1. The molecule has 0 saturated carbocycles. The van der Waals surface area contributed by atoms with Gasteiger partial charge in [0.2, 0.25) is 11.8 Å². The number of nitrogens with zero attached hydrogens (tertiary/aromatic N) is 2. The lowest BCUT2D eigenvalue weighted by Gasteiger charge is -2.16. The summed E-state index contributed by atoms with van der Waals surface area (Å²) in [6.07, 6.45) is 1.65. The molecule has 0 bridgehead atoms. The molecular weight excluding hydrogens is 382 g/mol. The van der Waals surface area contributed by atoms with Crippen LogP contribution in [0.4, 0.5) is 5.69 Å². The maximum Gasteiger partial charge on any atom is 0.245 e. The summed E-state index contributed by atoms with van der Waals surface area (Å²) < 4.78 is 10.4. The summed E-state index contributed by atoms with van der Waals surface area (Å²) in [5.74, 6) is 0.298. The molecule has 28 heavy (non-hydrogen) atoms. The van der Waals surface area contributed by atoms with Gasteiger partial charge >= 0.3 is 0 Å². The van der Waals surface area contributed by atoms with Gasteiger partial charge in [0.05, 0.1) is 26.4 Å². The number of hydrogen-bond donors (Lipinski definition) is 1. The second-order valence-electron chi connectivity index (χ2n) is 6.23. The van der Waals surface area contributed by atoms with Gasteiger partial charge in [-0.3, -0.25) is 9.59 Å². The molecule has 1 N–H and O–H groups in total. The number of amides is 2. The van der Waals surface area contributed by atoms with E-state index in [1.165, 1.54) is 6.21 Å². The maximum absolute atomic E-state index is 12.4. The third-order valence-electron chi connectivity index (χ3n) is 4.43. The largest absolute Gasteiger partial charge is 0.493 e. The molecular formula is C20H20ClN3O4. The molecule has 3 rings (SSSR count). The molecule has 0 radical (unpaired) electrons. The summed E-state index contributed by atoms with van der Waals surface area (Å²) in [4.78, 5) is 26.2. The number of hydrogen-bond acceptors (Lipinski definition) is 5. The summed E-state index contributed by atoms with van der Waals surface area (Å²) in [7, 11) is 3.10. The van der Waals surface area contributed by atoms with E-state index in [1.54, 1.807) is 61.6 Å². The number of halogens is 1. The monoisotopic (exact) mass is 401 g/mol. The number of anilines is 1. The van der Waals surface area contributed by atoms with Crippen molar-refractivity contribution in [2.24, 2.45) is 11.0 Å². The van der Waals surface area contributed by atoms with Gasteiger partial charge in [-0.15, -0.1) is 0 Å². The topological polar surface area (TPSA) is 80.2 Å². The minimum atomic E-state index is -0.467. The van der Waals surface area contributed by atoms with Gasteiger partial charge in [-0.05, 0) is 48.0 Å². The minimum absolute atomic E-state index is 0.105. The number of rotatable bonds is 6. The Morgan fingerprint density at radius 1 is 1.18 bits per heavy atom. The summed E-state index contributed by atoms with van der Waals surface area (Å²) in [5.41, 5.74) is 3.96. The second-order valence-corrected chi connectivity index (χ2v) is 6.67. The predicted molar refractivity (Wildman–Crippen MR) is 107 cm³/mol. The fraction of sp³-hybridized carbons (Fsp3) is 0.250. The molecule has 1 fully saturated rings. The van der Waals surface area contributed by atoms with Crippen molar-refractivity contribution in [1.29, 1.82) is 0 Å². The lowest BCUT2D eigenvalue weighted by molar-refractivity contribution is -0.126. The molecule has 1 atom stereocenters. The first-order valence-electron chi connectivity index (χ1n) is 8.62. The van der Waals surface area contributed by atoms with Crippen LogP contribution in [0.1, 0.15) is 12.0 Å². The van der Waals surface area contributed by atoms with Gasteiger partial charge in [-0.1, -0.05) is 11.6 Å². The van der Waals surface area contributed by atoms with Gasteiger partial charge in [-0.25, -0.2) is 5.43 Å². The lowest BCUT2D eigenvalue weighted by Crippen LogP contribution is -2.30. The van der Waals surface area contributed by atoms with Crippen LogP contribution in [0.3, 0.4) is 0 Å². The molecule has 0 spiro atoms. The van der Waals surface area contributed by atoms with E-state index >= 15 is 0 Å². The van der Waals surface area contributed by atoms with Crippen LogP contribution < -0.4 is 19.8 Å². The average Bonchev–Trinajstić information content (AvgIpc) is 3.10. The number of carbonyl (C=O) groups is 2. The summed E-state index contributed by atoms with van der Waals surface area (Å²) >= 11 is 5.88. The molecule has 0 aromatic heterocycles. The zero-order valence-electron chi connectivity index (χ0n) is 15.5. The van der Waals surface area contributed by atoms with E-state index in [4.69, 9.17) is 21.1 Å². The number of nitrogens with one attached hydrogen (secondary N) is 1. The molecule has 2 amide bonds. The van der Waals surface area contributed by atoms with Crippen LogP contribution in [0.5, 0.6) is 11.5 Å². The fourth-order valence-electron chi connectivity index (χ4n) is 2.95. The fourth-order valence-corrected chi connectivity index (χ4v) is 3.07. The normalized spacial score (nSPS) is 16.5. The van der Waals surface area contributed by atoms with E-state index < -0.39 is 5.92 Å². The van der Waals surface area contributed by atoms with Gasteiger partial charge in [-0.2, -0.15) is 5.10 Å². The zero-order valence-corrected chi connectivity index (χ0v) is 16.3. The van der Waals surface area contributed by atoms with Gasteiger partial charge in [0.15, 0.2) is 11.5 Å². The molecule has 1 saturated heterocycles. The first-order chi connectivity index (χ1) is 13.5. The average molecular weight is 402 g/mol. The Kier molecular flexibility index (Phi) is 6.16. The Bertz CT molecular complexity index is 899. The number of carbonyl (C=O) groups excluding carboxylic acids is 2. The molecule has 2 aromatic rings. The first kappa shape index (κ1) is 19.7. The molecule has 7 nitrogen and oxygen atoms in total. The van der Waals surface area contributed by atoms with Crippen LogP contribution in [-0.4, -0.2) is 38.8 Å². The van der Waals surface area contributed by atoms with E-state index in [-0.39, 0.29) is 18.2 Å². The van der Waals surface area contributed by atoms with Crippen LogP contribution in [0.2, 0.25) is 5.02 Å². The van der Waals surface area contributed by atoms with E-state index in [2.05, 4.69) is 10.5 Å². The quantitative estimate of drug-likeness (QED) is 0.596. The lowest BCUT2D eigenvalue weighted by atomic mass is 10.1. The molecule has 1 aliphatic heterocycles. The number of methoxy groups -OCH3 is 2. The Labute approximate surface area is 167 Å². The second kappa shape index (κ2) is 8.75. The predicted octanol–water partition coefficient (Wildman–Crippen LogP) is 2.86. The third kappa shape index (κ3) is 4.43. The molecule has 1 heterocycles. The number of ether oxygens (including phenoxy) is 2. The highest BCUT2D eigenvalue weighted by molar-refractivity contribution is 6.30. The van der Waals surface area contributed by atoms with Crippen molar-refractivity contribution in [3.63, 3.8) is 0 Å². The van der Waals surface area contributed by atoms with Crippen molar-refractivity contribution in [2.45, 2.75) is 6.42 Å². The Hall–Kier alpha value is -3.06. The molecule has 146 valence electrons. The first-order valence-corrected chi connectivity index (χ1v) is 9.00. The van der Waals surface area contributed by atoms with Crippen LogP contribution in [0.15, 0.2) is 47.6 Å². The van der Waals surface area contributed by atoms with Crippen molar-refractivity contribution in [1.82, 2.24) is 5.43 Å². The van der Waals surface area contributed by atoms with Crippen LogP contribution in [-0.2, 0) is 9.59 Å². The van der Waals surface area contributed by atoms with Crippen molar-refractivity contribution < 1.29 is 19.1 Å². The van der Waals surface area contributed by atoms with Gasteiger partial charge in [0.25, 0.3) is 0 Å². The Morgan fingerprint density at radius 2 is 1.89 bits per heavy atom. The highest BCUT2D eigenvalue weighted by Gasteiger charge is 2.35. The van der Waals surface area contributed by atoms with Gasteiger partial charge < -0.3 is 14.4 Å². The van der Waals surface area contributed by atoms with Crippen molar-refractivity contribution in [3.05, 3.63) is 53.1 Å². The smallest absolute Gasteiger partial charge is 0.245 e. The summed E-state index contributed by atoms with van der Waals surface area (Å²) in [5, 5.41) is 4.58. The van der Waals surface area contributed by atoms with Crippen molar-refractivity contribution in [3.8, 4) is 11.5 Å². The van der Waals surface area contributed by atoms with E-state index in [0.717, 1.165) is 11.3 Å². The van der Waals surface area contributed by atoms with Crippen LogP contribution in [0, 0.1) is 5.92 Å². The maximum atomic E-state index is 12.4. The number of benzene rings is 2. The molecule has 2 aromatic carbocycles. The molecule has 1 aliphatic rings. The van der Waals surface area contributed by atoms with E-state index in [0.29, 0.717) is 23.1 Å². The van der Waals surface area contributed by atoms with Gasteiger partial charge in [0, 0.05) is 23.7 Å². The van der Waals surface area contributed by atoms with E-state index in [1.807, 2.05) is 0 Å². The Morgan fingerprint density at radius 3 is 2.57 bits per heavy atom. The van der Waals surface area contributed by atoms with E-state index in [9.17, 15) is 9.59 Å². The summed E-state index contributed by atoms with van der Waals surface area (Å²) in [6.45, 7) is 0.304.